The molecule has 0 radical (unpaired) electrons. The Bertz CT molecular complexity index is 331. The number of rotatable bonds is 6. The van der Waals surface area contributed by atoms with Gasteiger partial charge in [0.2, 0.25) is 0 Å². The Labute approximate surface area is 99.9 Å². The van der Waals surface area contributed by atoms with Crippen molar-refractivity contribution in [2.75, 3.05) is 23.8 Å². The maximum absolute atomic E-state index is 11.0. The molecule has 0 aliphatic rings. The summed E-state index contributed by atoms with van der Waals surface area (Å²) in [5.41, 5.74) is 0.776. The molecule has 1 aromatic rings. The van der Waals surface area contributed by atoms with Gasteiger partial charge in [0.25, 0.3) is 0 Å². The number of para-hydroxylation sites is 1. The van der Waals surface area contributed by atoms with Crippen LogP contribution in [0.1, 0.15) is 0 Å². The van der Waals surface area contributed by atoms with Crippen LogP contribution in [0.4, 0.5) is 5.69 Å². The topological polar surface area (TPSA) is 60.8 Å². The summed E-state index contributed by atoms with van der Waals surface area (Å²) in [5, 5.41) is 18.0. The zero-order valence-corrected chi connectivity index (χ0v) is 9.68. The fraction of sp³-hybridized carbons (Fsp3) is 0.364. The highest BCUT2D eigenvalue weighted by atomic mass is 32.1. The average Bonchev–Trinajstić information content (AvgIpc) is 2.29. The Morgan fingerprint density at radius 1 is 1.38 bits per heavy atom. The Hall–Kier alpha value is -1.20. The van der Waals surface area contributed by atoms with Gasteiger partial charge in [0.05, 0.1) is 6.61 Å². The third kappa shape index (κ3) is 3.15. The molecular formula is C11H15NO3S. The third-order valence-electron chi connectivity index (χ3n) is 2.26. The van der Waals surface area contributed by atoms with Gasteiger partial charge in [-0.05, 0) is 12.1 Å². The van der Waals surface area contributed by atoms with Gasteiger partial charge in [-0.2, -0.15) is 12.6 Å². The number of aliphatic carboxylic acids is 1. The minimum atomic E-state index is -0.938. The monoisotopic (exact) mass is 241 g/mol. The molecular weight excluding hydrogens is 226 g/mol. The van der Waals surface area contributed by atoms with E-state index in [0.717, 1.165) is 5.69 Å². The molecule has 88 valence electrons. The molecule has 0 aliphatic carbocycles. The second kappa shape index (κ2) is 6.40. The Balaban J connectivity index is 2.94. The van der Waals surface area contributed by atoms with Crippen molar-refractivity contribution in [3.8, 4) is 0 Å². The van der Waals surface area contributed by atoms with E-state index in [1.165, 1.54) is 0 Å². The van der Waals surface area contributed by atoms with Crippen LogP contribution >= 0.6 is 12.6 Å². The lowest BCUT2D eigenvalue weighted by Gasteiger charge is -2.29. The minimum absolute atomic E-state index is 0.0908. The molecule has 4 nitrogen and oxygen atoms in total. The van der Waals surface area contributed by atoms with E-state index in [0.29, 0.717) is 0 Å². The van der Waals surface area contributed by atoms with Crippen molar-refractivity contribution in [2.45, 2.75) is 6.04 Å². The van der Waals surface area contributed by atoms with Crippen molar-refractivity contribution in [1.82, 2.24) is 0 Å². The van der Waals surface area contributed by atoms with Gasteiger partial charge in [-0.1, -0.05) is 18.2 Å². The maximum atomic E-state index is 11.0. The first-order valence-corrected chi connectivity index (χ1v) is 5.60. The summed E-state index contributed by atoms with van der Waals surface area (Å²) in [6.07, 6.45) is 0. The van der Waals surface area contributed by atoms with Gasteiger partial charge in [0, 0.05) is 18.0 Å². The van der Waals surface area contributed by atoms with E-state index in [-0.39, 0.29) is 18.9 Å². The first-order valence-electron chi connectivity index (χ1n) is 4.97. The fourth-order valence-electron chi connectivity index (χ4n) is 1.50. The van der Waals surface area contributed by atoms with Crippen molar-refractivity contribution in [3.63, 3.8) is 0 Å². The molecule has 1 aromatic carbocycles. The quantitative estimate of drug-likeness (QED) is 0.647. The lowest BCUT2D eigenvalue weighted by molar-refractivity contribution is -0.138. The molecule has 0 bridgehead atoms. The molecule has 1 unspecified atom stereocenters. The van der Waals surface area contributed by atoms with Crippen molar-refractivity contribution in [2.24, 2.45) is 0 Å². The summed E-state index contributed by atoms with van der Waals surface area (Å²) in [7, 11) is 0. The van der Waals surface area contributed by atoms with E-state index in [1.807, 2.05) is 30.3 Å². The lowest BCUT2D eigenvalue weighted by atomic mass is 10.2. The second-order valence-corrected chi connectivity index (χ2v) is 3.65. The molecule has 0 saturated carbocycles. The molecule has 0 aromatic heterocycles. The van der Waals surface area contributed by atoms with Crippen LogP contribution in [0.25, 0.3) is 0 Å². The van der Waals surface area contributed by atoms with Gasteiger partial charge in [0.1, 0.15) is 6.04 Å². The first-order chi connectivity index (χ1) is 7.70. The number of benzene rings is 1. The first kappa shape index (κ1) is 12.9. The molecule has 2 N–H and O–H groups in total. The third-order valence-corrected chi connectivity index (χ3v) is 2.61. The number of aliphatic hydroxyl groups is 1. The number of hydrogen-bond donors (Lipinski definition) is 3. The highest BCUT2D eigenvalue weighted by Gasteiger charge is 2.23. The summed E-state index contributed by atoms with van der Waals surface area (Å²) in [6, 6.07) is 8.42. The van der Waals surface area contributed by atoms with Crippen LogP contribution in [-0.4, -0.2) is 41.1 Å². The van der Waals surface area contributed by atoms with E-state index < -0.39 is 12.0 Å². The molecule has 16 heavy (non-hydrogen) atoms. The predicted octanol–water partition coefficient (Wildman–Crippen LogP) is 0.868. The fourth-order valence-corrected chi connectivity index (χ4v) is 1.86. The summed E-state index contributed by atoms with van der Waals surface area (Å²) in [6.45, 7) is 0.188. The lowest BCUT2D eigenvalue weighted by Crippen LogP contribution is -2.44. The number of thiol groups is 1. The molecule has 0 heterocycles. The van der Waals surface area contributed by atoms with Crippen LogP contribution in [0.3, 0.4) is 0 Å². The maximum Gasteiger partial charge on any atom is 0.327 e. The predicted molar refractivity (Wildman–Crippen MR) is 66.2 cm³/mol. The van der Waals surface area contributed by atoms with Gasteiger partial charge < -0.3 is 15.1 Å². The smallest absolute Gasteiger partial charge is 0.327 e. The summed E-state index contributed by atoms with van der Waals surface area (Å²) in [4.78, 5) is 12.7. The van der Waals surface area contributed by atoms with Crippen LogP contribution in [0.5, 0.6) is 0 Å². The van der Waals surface area contributed by atoms with Crippen molar-refractivity contribution < 1.29 is 15.0 Å². The van der Waals surface area contributed by atoms with Gasteiger partial charge in [-0.25, -0.2) is 4.79 Å². The Morgan fingerprint density at radius 2 is 2.00 bits per heavy atom. The number of carboxylic acids is 1. The largest absolute Gasteiger partial charge is 0.480 e. The van der Waals surface area contributed by atoms with E-state index in [1.54, 1.807) is 4.90 Å². The molecule has 0 aliphatic heterocycles. The number of nitrogens with zero attached hydrogens (tertiary/aromatic N) is 1. The van der Waals surface area contributed by atoms with Gasteiger partial charge in [0.15, 0.2) is 0 Å². The van der Waals surface area contributed by atoms with Gasteiger partial charge in [-0.3, -0.25) is 0 Å². The number of anilines is 1. The van der Waals surface area contributed by atoms with Crippen LogP contribution in [0.15, 0.2) is 30.3 Å². The molecule has 5 heteroatoms. The molecule has 0 saturated heterocycles. The zero-order valence-electron chi connectivity index (χ0n) is 8.78. The molecule has 0 spiro atoms. The minimum Gasteiger partial charge on any atom is -0.480 e. The highest BCUT2D eigenvalue weighted by molar-refractivity contribution is 7.80. The summed E-state index contributed by atoms with van der Waals surface area (Å²) >= 11 is 4.03. The standard InChI is InChI=1S/C11H15NO3S/c13-7-6-12(10(8-16)11(14)15)9-4-2-1-3-5-9/h1-5,10,13,16H,6-8H2,(H,14,15). The van der Waals surface area contributed by atoms with E-state index in [9.17, 15) is 4.79 Å². The van der Waals surface area contributed by atoms with Crippen molar-refractivity contribution in [3.05, 3.63) is 30.3 Å². The van der Waals surface area contributed by atoms with E-state index >= 15 is 0 Å². The SMILES string of the molecule is O=C(O)C(CS)N(CCO)c1ccccc1. The molecule has 1 atom stereocenters. The number of carbonyl (C=O) groups is 1. The number of aliphatic hydroxyl groups excluding tert-OH is 1. The van der Waals surface area contributed by atoms with Crippen molar-refractivity contribution >= 4 is 24.3 Å². The van der Waals surface area contributed by atoms with Crippen molar-refractivity contribution in [1.29, 1.82) is 0 Å². The highest BCUT2D eigenvalue weighted by Crippen LogP contribution is 2.17. The van der Waals surface area contributed by atoms with Crippen LogP contribution in [-0.2, 0) is 4.79 Å². The summed E-state index contributed by atoms with van der Waals surface area (Å²) < 4.78 is 0. The average molecular weight is 241 g/mol. The van der Waals surface area contributed by atoms with Crippen LogP contribution in [0.2, 0.25) is 0 Å². The molecule has 1 rings (SSSR count). The number of carboxylic acid groups (broad SMARTS) is 1. The Morgan fingerprint density at radius 3 is 2.44 bits per heavy atom. The molecule has 0 amide bonds. The summed E-state index contributed by atoms with van der Waals surface area (Å²) in [5.74, 6) is -0.739. The Kier molecular flexibility index (Phi) is 5.14. The molecule has 0 fully saturated rings. The van der Waals surface area contributed by atoms with Gasteiger partial charge in [-0.15, -0.1) is 0 Å². The van der Waals surface area contributed by atoms with Crippen LogP contribution in [0, 0.1) is 0 Å². The van der Waals surface area contributed by atoms with E-state index in [2.05, 4.69) is 12.6 Å². The zero-order chi connectivity index (χ0) is 12.0. The normalized spacial score (nSPS) is 12.1. The second-order valence-electron chi connectivity index (χ2n) is 3.29. The number of hydrogen-bond acceptors (Lipinski definition) is 4. The van der Waals surface area contributed by atoms with Gasteiger partial charge >= 0.3 is 5.97 Å². The van der Waals surface area contributed by atoms with E-state index in [4.69, 9.17) is 10.2 Å². The van der Waals surface area contributed by atoms with Crippen LogP contribution < -0.4 is 4.90 Å².